The van der Waals surface area contributed by atoms with E-state index in [0.717, 1.165) is 5.56 Å². The monoisotopic (exact) mass is 310 g/mol. The minimum Gasteiger partial charge on any atom is -0.504 e. The van der Waals surface area contributed by atoms with Crippen LogP contribution in [0.4, 0.5) is 0 Å². The van der Waals surface area contributed by atoms with Gasteiger partial charge in [-0.3, -0.25) is 4.79 Å². The van der Waals surface area contributed by atoms with Crippen molar-refractivity contribution in [2.24, 2.45) is 0 Å². The fourth-order valence-electron chi connectivity index (χ4n) is 2.19. The quantitative estimate of drug-likeness (QED) is 0.663. The van der Waals surface area contributed by atoms with Crippen molar-refractivity contribution in [2.45, 2.75) is 26.2 Å². The molecule has 0 saturated carbocycles. The number of rotatable bonds is 4. The minimum absolute atomic E-state index is 0.0193. The minimum atomic E-state index is -0.136. The number of methoxy groups -OCH3 is 1. The predicted octanol–water partition coefficient (Wildman–Crippen LogP) is 4.59. The zero-order valence-corrected chi connectivity index (χ0v) is 14.0. The summed E-state index contributed by atoms with van der Waals surface area (Å²) in [7, 11) is 1.45. The molecule has 0 bridgehead atoms. The van der Waals surface area contributed by atoms with Crippen molar-refractivity contribution in [3.63, 3.8) is 0 Å². The molecule has 0 unspecified atom stereocenters. The first-order valence-electron chi connectivity index (χ1n) is 7.51. The second-order valence-electron chi connectivity index (χ2n) is 6.46. The Morgan fingerprint density at radius 2 is 1.74 bits per heavy atom. The molecule has 23 heavy (non-hydrogen) atoms. The van der Waals surface area contributed by atoms with Crippen LogP contribution in [-0.2, 0) is 5.41 Å². The Kier molecular flexibility index (Phi) is 4.89. The van der Waals surface area contributed by atoms with E-state index in [4.69, 9.17) is 4.74 Å². The van der Waals surface area contributed by atoms with E-state index in [2.05, 4.69) is 32.9 Å². The summed E-state index contributed by atoms with van der Waals surface area (Å²) in [6.07, 6.45) is 3.31. The second kappa shape index (κ2) is 6.69. The highest BCUT2D eigenvalue weighted by molar-refractivity contribution is 6.07. The average Bonchev–Trinajstić information content (AvgIpc) is 2.52. The summed E-state index contributed by atoms with van der Waals surface area (Å²) in [4.78, 5) is 12.2. The summed E-state index contributed by atoms with van der Waals surface area (Å²) >= 11 is 0. The van der Waals surface area contributed by atoms with Crippen molar-refractivity contribution in [3.8, 4) is 11.5 Å². The summed E-state index contributed by atoms with van der Waals surface area (Å²) in [5, 5.41) is 9.56. The van der Waals surface area contributed by atoms with Crippen LogP contribution in [0.3, 0.4) is 0 Å². The molecule has 0 fully saturated rings. The van der Waals surface area contributed by atoms with Gasteiger partial charge in [0.25, 0.3) is 0 Å². The third kappa shape index (κ3) is 4.22. The van der Waals surface area contributed by atoms with Crippen LogP contribution in [0.1, 0.15) is 42.3 Å². The van der Waals surface area contributed by atoms with Gasteiger partial charge in [-0.05, 0) is 40.8 Å². The van der Waals surface area contributed by atoms with Gasteiger partial charge in [0.15, 0.2) is 17.3 Å². The maximum absolute atomic E-state index is 12.2. The van der Waals surface area contributed by atoms with Crippen LogP contribution >= 0.6 is 0 Å². The number of hydrogen-bond donors (Lipinski definition) is 1. The Morgan fingerprint density at radius 3 is 2.30 bits per heavy atom. The molecule has 0 aromatic heterocycles. The van der Waals surface area contributed by atoms with Gasteiger partial charge in [-0.1, -0.05) is 51.1 Å². The largest absolute Gasteiger partial charge is 0.504 e. The highest BCUT2D eigenvalue weighted by Gasteiger charge is 2.12. The van der Waals surface area contributed by atoms with E-state index >= 15 is 0 Å². The summed E-state index contributed by atoms with van der Waals surface area (Å²) in [6.45, 7) is 6.50. The van der Waals surface area contributed by atoms with Crippen LogP contribution in [0.25, 0.3) is 6.08 Å². The molecule has 2 aromatic rings. The third-order valence-electron chi connectivity index (χ3n) is 3.67. The Bertz CT molecular complexity index is 720. The van der Waals surface area contributed by atoms with E-state index in [0.29, 0.717) is 11.3 Å². The molecule has 0 amide bonds. The number of ether oxygens (including phenoxy) is 1. The molecule has 1 N–H and O–H groups in total. The highest BCUT2D eigenvalue weighted by atomic mass is 16.5. The molecule has 0 spiro atoms. The molecular formula is C20H22O3. The maximum Gasteiger partial charge on any atom is 0.185 e. The molecule has 0 aliphatic rings. The van der Waals surface area contributed by atoms with Crippen molar-refractivity contribution in [2.75, 3.05) is 7.11 Å². The van der Waals surface area contributed by atoms with E-state index in [1.807, 2.05) is 12.1 Å². The summed E-state index contributed by atoms with van der Waals surface area (Å²) < 4.78 is 5.02. The van der Waals surface area contributed by atoms with Crippen LogP contribution in [0.15, 0.2) is 48.5 Å². The van der Waals surface area contributed by atoms with E-state index < -0.39 is 0 Å². The Hall–Kier alpha value is -2.55. The number of benzene rings is 2. The van der Waals surface area contributed by atoms with Crippen molar-refractivity contribution in [1.29, 1.82) is 0 Å². The van der Waals surface area contributed by atoms with Crippen molar-refractivity contribution >= 4 is 11.9 Å². The summed E-state index contributed by atoms with van der Waals surface area (Å²) in [6, 6.07) is 12.7. The van der Waals surface area contributed by atoms with Crippen LogP contribution < -0.4 is 4.74 Å². The number of phenolic OH excluding ortho intramolecular Hbond substituents is 1. The normalized spacial score (nSPS) is 11.7. The number of ketones is 1. The number of carbonyl (C=O) groups is 1. The molecule has 2 aromatic carbocycles. The molecule has 2 rings (SSSR count). The number of hydrogen-bond acceptors (Lipinski definition) is 3. The number of allylic oxidation sites excluding steroid dienone is 1. The van der Waals surface area contributed by atoms with Gasteiger partial charge in [0, 0.05) is 5.56 Å². The maximum atomic E-state index is 12.2. The van der Waals surface area contributed by atoms with Gasteiger partial charge in [-0.15, -0.1) is 0 Å². The van der Waals surface area contributed by atoms with Gasteiger partial charge in [0.05, 0.1) is 7.11 Å². The molecule has 120 valence electrons. The molecular weight excluding hydrogens is 288 g/mol. The predicted molar refractivity (Wildman–Crippen MR) is 93.2 cm³/mol. The second-order valence-corrected chi connectivity index (χ2v) is 6.46. The first-order valence-corrected chi connectivity index (χ1v) is 7.51. The summed E-state index contributed by atoms with van der Waals surface area (Å²) in [5.74, 6) is 0.174. The Balaban J connectivity index is 2.15. The highest BCUT2D eigenvalue weighted by Crippen LogP contribution is 2.27. The van der Waals surface area contributed by atoms with Crippen molar-refractivity contribution < 1.29 is 14.6 Å². The van der Waals surface area contributed by atoms with Gasteiger partial charge >= 0.3 is 0 Å². The van der Waals surface area contributed by atoms with Crippen molar-refractivity contribution in [3.05, 3.63) is 65.2 Å². The Morgan fingerprint density at radius 1 is 1.09 bits per heavy atom. The molecule has 3 heteroatoms. The van der Waals surface area contributed by atoms with Gasteiger partial charge in [0.1, 0.15) is 0 Å². The zero-order valence-electron chi connectivity index (χ0n) is 14.0. The van der Waals surface area contributed by atoms with Crippen LogP contribution in [-0.4, -0.2) is 18.0 Å². The zero-order chi connectivity index (χ0) is 17.0. The molecule has 0 saturated heterocycles. The van der Waals surface area contributed by atoms with Gasteiger partial charge < -0.3 is 9.84 Å². The lowest BCUT2D eigenvalue weighted by Gasteiger charge is -2.18. The fourth-order valence-corrected chi connectivity index (χ4v) is 2.19. The van der Waals surface area contributed by atoms with E-state index in [-0.39, 0.29) is 16.9 Å². The molecule has 0 radical (unpaired) electrons. The van der Waals surface area contributed by atoms with Gasteiger partial charge in [-0.2, -0.15) is 0 Å². The van der Waals surface area contributed by atoms with Gasteiger partial charge in [0.2, 0.25) is 0 Å². The average molecular weight is 310 g/mol. The SMILES string of the molecule is COc1cc(C(=O)/C=C/c2ccc(C(C)(C)C)cc2)ccc1O. The van der Waals surface area contributed by atoms with Crippen molar-refractivity contribution in [1.82, 2.24) is 0 Å². The lowest BCUT2D eigenvalue weighted by atomic mass is 9.87. The lowest BCUT2D eigenvalue weighted by Crippen LogP contribution is -2.10. The Labute approximate surface area is 137 Å². The number of carbonyl (C=O) groups excluding carboxylic acids is 1. The van der Waals surface area contributed by atoms with Crippen LogP contribution in [0.2, 0.25) is 0 Å². The molecule has 0 aliphatic carbocycles. The topological polar surface area (TPSA) is 46.5 Å². The van der Waals surface area contributed by atoms with E-state index in [1.165, 1.54) is 30.9 Å². The first-order chi connectivity index (χ1) is 10.8. The van der Waals surface area contributed by atoms with Crippen LogP contribution in [0, 0.1) is 0 Å². The lowest BCUT2D eigenvalue weighted by molar-refractivity contribution is 0.104. The standard InChI is InChI=1S/C20H22O3/c1-20(2,3)16-9-5-14(6-10-16)7-11-17(21)15-8-12-18(22)19(13-15)23-4/h5-13,22H,1-4H3/b11-7+. The smallest absolute Gasteiger partial charge is 0.185 e. The molecule has 0 atom stereocenters. The number of phenols is 1. The third-order valence-corrected chi connectivity index (χ3v) is 3.67. The molecule has 0 heterocycles. The van der Waals surface area contributed by atoms with Crippen LogP contribution in [0.5, 0.6) is 11.5 Å². The molecule has 3 nitrogen and oxygen atoms in total. The molecule has 0 aliphatic heterocycles. The number of aromatic hydroxyl groups is 1. The first kappa shape index (κ1) is 16.8. The fraction of sp³-hybridized carbons (Fsp3) is 0.250. The van der Waals surface area contributed by atoms with E-state index in [1.54, 1.807) is 12.1 Å². The van der Waals surface area contributed by atoms with Gasteiger partial charge in [-0.25, -0.2) is 0 Å². The summed E-state index contributed by atoms with van der Waals surface area (Å²) in [5.41, 5.74) is 2.81. The van der Waals surface area contributed by atoms with E-state index in [9.17, 15) is 9.90 Å².